The molecule has 1 aromatic carbocycles. The number of nitrogens with zero attached hydrogens (tertiary/aromatic N) is 1. The van der Waals surface area contributed by atoms with Crippen LogP contribution in [0, 0.1) is 0 Å². The number of carbonyl (C=O) groups is 2. The predicted molar refractivity (Wildman–Crippen MR) is 81.4 cm³/mol. The molecule has 2 heterocycles. The molecule has 0 aliphatic carbocycles. The van der Waals surface area contributed by atoms with Gasteiger partial charge in [0.2, 0.25) is 5.91 Å². The number of hydrogen-bond donors (Lipinski definition) is 2. The average Bonchev–Trinajstić information content (AvgIpc) is 2.68. The van der Waals surface area contributed by atoms with Gasteiger partial charge in [-0.3, -0.25) is 9.59 Å². The summed E-state index contributed by atoms with van der Waals surface area (Å²) in [5.41, 5.74) is 2.42. The summed E-state index contributed by atoms with van der Waals surface area (Å²) in [7, 11) is 1.88. The molecule has 1 saturated heterocycles. The van der Waals surface area contributed by atoms with Crippen LogP contribution in [0.25, 0.3) is 0 Å². The largest absolute Gasteiger partial charge is 0.339 e. The first kappa shape index (κ1) is 14.1. The summed E-state index contributed by atoms with van der Waals surface area (Å²) in [5, 5.41) is 6.16. The molecule has 0 spiro atoms. The fraction of sp³-hybridized carbons (Fsp3) is 0.500. The minimum atomic E-state index is -0.00204. The Hall–Kier alpha value is -1.88. The molecule has 5 heteroatoms. The van der Waals surface area contributed by atoms with E-state index < -0.39 is 0 Å². The van der Waals surface area contributed by atoms with Crippen molar-refractivity contribution in [3.8, 4) is 0 Å². The normalized spacial score (nSPS) is 21.4. The Labute approximate surface area is 124 Å². The molecule has 2 aliphatic heterocycles. The minimum absolute atomic E-state index is 0.00204. The van der Waals surface area contributed by atoms with Gasteiger partial charge in [0.25, 0.3) is 5.91 Å². The Bertz CT molecular complexity index is 563. The summed E-state index contributed by atoms with van der Waals surface area (Å²) in [6.45, 7) is 2.00. The van der Waals surface area contributed by atoms with Crippen molar-refractivity contribution in [3.63, 3.8) is 0 Å². The van der Waals surface area contributed by atoms with Gasteiger partial charge < -0.3 is 15.5 Å². The van der Waals surface area contributed by atoms with E-state index >= 15 is 0 Å². The Balaban J connectivity index is 1.75. The smallest absolute Gasteiger partial charge is 0.253 e. The van der Waals surface area contributed by atoms with Crippen molar-refractivity contribution < 1.29 is 9.59 Å². The van der Waals surface area contributed by atoms with Gasteiger partial charge in [0.05, 0.1) is 6.42 Å². The monoisotopic (exact) mass is 287 g/mol. The van der Waals surface area contributed by atoms with Gasteiger partial charge in [-0.1, -0.05) is 0 Å². The molecule has 21 heavy (non-hydrogen) atoms. The molecule has 112 valence electrons. The topological polar surface area (TPSA) is 61.4 Å². The number of fused-ring (bicyclic) bond motifs is 1. The SMILES string of the molecule is CN(C(=O)c1ccc2c(c1)CC(=O)N2)C1CCCNCC1. The molecule has 1 aromatic rings. The summed E-state index contributed by atoms with van der Waals surface area (Å²) in [4.78, 5) is 25.9. The van der Waals surface area contributed by atoms with Crippen LogP contribution in [0.3, 0.4) is 0 Å². The van der Waals surface area contributed by atoms with Gasteiger partial charge in [-0.2, -0.15) is 0 Å². The van der Waals surface area contributed by atoms with E-state index in [0.29, 0.717) is 18.0 Å². The second-order valence-corrected chi connectivity index (χ2v) is 5.85. The molecule has 1 unspecified atom stereocenters. The van der Waals surface area contributed by atoms with Crippen molar-refractivity contribution in [2.75, 3.05) is 25.5 Å². The number of rotatable bonds is 2. The maximum absolute atomic E-state index is 12.6. The lowest BCUT2D eigenvalue weighted by Crippen LogP contribution is -2.37. The van der Waals surface area contributed by atoms with Crippen LogP contribution >= 0.6 is 0 Å². The van der Waals surface area contributed by atoms with Gasteiger partial charge in [-0.05, 0) is 56.1 Å². The van der Waals surface area contributed by atoms with Crippen LogP contribution < -0.4 is 10.6 Å². The number of anilines is 1. The molecular formula is C16H21N3O2. The standard InChI is InChI=1S/C16H21N3O2/c1-19(13-3-2-7-17-8-6-13)16(21)11-4-5-14-12(9-11)10-15(20)18-14/h4-5,9,13,17H,2-3,6-8,10H2,1H3,(H,18,20). The van der Waals surface area contributed by atoms with E-state index in [4.69, 9.17) is 0 Å². The summed E-state index contributed by atoms with van der Waals surface area (Å²) in [6, 6.07) is 5.77. The highest BCUT2D eigenvalue weighted by molar-refractivity contribution is 6.01. The van der Waals surface area contributed by atoms with Crippen LogP contribution in [0.5, 0.6) is 0 Å². The summed E-state index contributed by atoms with van der Waals surface area (Å²) < 4.78 is 0. The second-order valence-electron chi connectivity index (χ2n) is 5.85. The molecule has 2 aliphatic rings. The Morgan fingerprint density at radius 2 is 2.14 bits per heavy atom. The summed E-state index contributed by atoms with van der Waals surface area (Å²) >= 11 is 0. The maximum Gasteiger partial charge on any atom is 0.253 e. The number of hydrogen-bond acceptors (Lipinski definition) is 3. The number of nitrogens with one attached hydrogen (secondary N) is 2. The zero-order chi connectivity index (χ0) is 14.8. The van der Waals surface area contributed by atoms with Gasteiger partial charge in [-0.25, -0.2) is 0 Å². The first-order valence-electron chi connectivity index (χ1n) is 7.56. The van der Waals surface area contributed by atoms with Crippen molar-refractivity contribution in [2.45, 2.75) is 31.7 Å². The third-order valence-electron chi connectivity index (χ3n) is 4.39. The lowest BCUT2D eigenvalue weighted by molar-refractivity contribution is -0.115. The van der Waals surface area contributed by atoms with E-state index in [1.54, 1.807) is 6.07 Å². The van der Waals surface area contributed by atoms with Crippen molar-refractivity contribution in [3.05, 3.63) is 29.3 Å². The zero-order valence-corrected chi connectivity index (χ0v) is 12.3. The predicted octanol–water partition coefficient (Wildman–Crippen LogP) is 1.40. The molecule has 1 fully saturated rings. The van der Waals surface area contributed by atoms with Crippen LogP contribution in [0.2, 0.25) is 0 Å². The van der Waals surface area contributed by atoms with E-state index in [2.05, 4.69) is 10.6 Å². The molecule has 0 bridgehead atoms. The second kappa shape index (κ2) is 5.85. The van der Waals surface area contributed by atoms with E-state index in [9.17, 15) is 9.59 Å². The van der Waals surface area contributed by atoms with Gasteiger partial charge in [0.1, 0.15) is 0 Å². The van der Waals surface area contributed by atoms with E-state index in [0.717, 1.165) is 43.6 Å². The summed E-state index contributed by atoms with van der Waals surface area (Å²) in [5.74, 6) is 0.0434. The van der Waals surface area contributed by atoms with Crippen molar-refractivity contribution in [1.29, 1.82) is 0 Å². The van der Waals surface area contributed by atoms with Gasteiger partial charge in [0, 0.05) is 24.3 Å². The fourth-order valence-electron chi connectivity index (χ4n) is 3.12. The molecule has 2 amide bonds. The highest BCUT2D eigenvalue weighted by atomic mass is 16.2. The molecule has 0 radical (unpaired) electrons. The highest BCUT2D eigenvalue weighted by Gasteiger charge is 2.24. The van der Waals surface area contributed by atoms with Gasteiger partial charge in [-0.15, -0.1) is 0 Å². The van der Waals surface area contributed by atoms with Crippen LogP contribution in [0.1, 0.15) is 35.2 Å². The van der Waals surface area contributed by atoms with E-state index in [-0.39, 0.29) is 11.8 Å². The molecule has 0 aromatic heterocycles. The van der Waals surface area contributed by atoms with E-state index in [1.165, 1.54) is 0 Å². The first-order chi connectivity index (χ1) is 10.1. The van der Waals surface area contributed by atoms with Gasteiger partial charge >= 0.3 is 0 Å². The molecule has 2 N–H and O–H groups in total. The van der Waals surface area contributed by atoms with Crippen molar-refractivity contribution in [2.24, 2.45) is 0 Å². The number of amides is 2. The molecule has 0 saturated carbocycles. The molecule has 1 atom stereocenters. The average molecular weight is 287 g/mol. The van der Waals surface area contributed by atoms with Crippen LogP contribution in [0.4, 0.5) is 5.69 Å². The van der Waals surface area contributed by atoms with Gasteiger partial charge in [0.15, 0.2) is 0 Å². The minimum Gasteiger partial charge on any atom is -0.339 e. The highest BCUT2D eigenvalue weighted by Crippen LogP contribution is 2.25. The van der Waals surface area contributed by atoms with Crippen LogP contribution in [-0.4, -0.2) is 42.9 Å². The van der Waals surface area contributed by atoms with Crippen molar-refractivity contribution in [1.82, 2.24) is 10.2 Å². The number of carbonyl (C=O) groups excluding carboxylic acids is 2. The van der Waals surface area contributed by atoms with Crippen LogP contribution in [-0.2, 0) is 11.2 Å². The third-order valence-corrected chi connectivity index (χ3v) is 4.39. The number of benzene rings is 1. The lowest BCUT2D eigenvalue weighted by Gasteiger charge is -2.27. The Kier molecular flexibility index (Phi) is 3.92. The lowest BCUT2D eigenvalue weighted by atomic mass is 10.0. The molecular weight excluding hydrogens is 266 g/mol. The fourth-order valence-corrected chi connectivity index (χ4v) is 3.12. The summed E-state index contributed by atoms with van der Waals surface area (Å²) in [6.07, 6.45) is 3.51. The Morgan fingerprint density at radius 3 is 3.00 bits per heavy atom. The Morgan fingerprint density at radius 1 is 1.29 bits per heavy atom. The molecule has 3 rings (SSSR count). The van der Waals surface area contributed by atoms with E-state index in [1.807, 2.05) is 24.1 Å². The maximum atomic E-state index is 12.6. The van der Waals surface area contributed by atoms with Crippen molar-refractivity contribution >= 4 is 17.5 Å². The zero-order valence-electron chi connectivity index (χ0n) is 12.3. The quantitative estimate of drug-likeness (QED) is 0.864. The first-order valence-corrected chi connectivity index (χ1v) is 7.56. The third kappa shape index (κ3) is 2.93. The van der Waals surface area contributed by atoms with Crippen LogP contribution in [0.15, 0.2) is 18.2 Å². The molecule has 5 nitrogen and oxygen atoms in total.